The van der Waals surface area contributed by atoms with Crippen LogP contribution in [-0.2, 0) is 0 Å². The van der Waals surface area contributed by atoms with E-state index in [1.165, 1.54) is 37.8 Å². The number of hydrogen-bond donors (Lipinski definition) is 0. The molecule has 6 heteroatoms. The number of hydrogen-bond acceptors (Lipinski definition) is 0. The number of rotatable bonds is 7. The maximum atomic E-state index is 14.9. The van der Waals surface area contributed by atoms with Crippen LogP contribution in [0.15, 0.2) is 28.7 Å². The largest absolute Gasteiger partial charge is 0.267 e. The monoisotopic (exact) mass is 488 g/mol. The Morgan fingerprint density at radius 3 is 2.23 bits per heavy atom. The van der Waals surface area contributed by atoms with Crippen LogP contribution in [0.25, 0.3) is 11.1 Å². The molecule has 0 atom stereocenters. The Bertz CT molecular complexity index is 872. The third kappa shape index (κ3) is 5.06. The molecule has 0 unspecified atom stereocenters. The molecule has 0 spiro atoms. The van der Waals surface area contributed by atoms with Gasteiger partial charge in [-0.3, -0.25) is 0 Å². The second kappa shape index (κ2) is 10.3. The maximum Gasteiger partial charge on any atom is 0.267 e. The lowest BCUT2D eigenvalue weighted by Crippen LogP contribution is -2.13. The molecule has 0 radical (unpaired) electrons. The van der Waals surface area contributed by atoms with E-state index in [9.17, 15) is 22.0 Å². The molecule has 3 rings (SSSR count). The summed E-state index contributed by atoms with van der Waals surface area (Å²) in [6, 6.07) is 5.17. The average molecular weight is 489 g/mol. The van der Waals surface area contributed by atoms with E-state index in [4.69, 9.17) is 0 Å². The third-order valence-electron chi connectivity index (χ3n) is 6.24. The van der Waals surface area contributed by atoms with Crippen molar-refractivity contribution in [2.45, 2.75) is 70.6 Å². The first kappa shape index (κ1) is 23.2. The number of alkyl halides is 2. The molecule has 2 aromatic carbocycles. The van der Waals surface area contributed by atoms with Crippen molar-refractivity contribution >= 4 is 15.9 Å². The van der Waals surface area contributed by atoms with Crippen molar-refractivity contribution in [2.75, 3.05) is 0 Å². The molecule has 0 aromatic heterocycles. The fourth-order valence-electron chi connectivity index (χ4n) is 4.52. The molecule has 164 valence electrons. The summed E-state index contributed by atoms with van der Waals surface area (Å²) in [5.41, 5.74) is -0.845. The van der Waals surface area contributed by atoms with Crippen molar-refractivity contribution in [3.05, 3.63) is 57.3 Å². The molecule has 2 aromatic rings. The summed E-state index contributed by atoms with van der Waals surface area (Å²) in [6.45, 7) is 2.19. The van der Waals surface area contributed by atoms with Crippen molar-refractivity contribution in [1.82, 2.24) is 0 Å². The first-order valence-corrected chi connectivity index (χ1v) is 11.4. The molecule has 0 amide bonds. The summed E-state index contributed by atoms with van der Waals surface area (Å²) in [6.07, 6.45) is 5.92. The summed E-state index contributed by atoms with van der Waals surface area (Å²) in [7, 11) is 0. The van der Waals surface area contributed by atoms with Gasteiger partial charge in [0.05, 0.1) is 10.0 Å². The van der Waals surface area contributed by atoms with Gasteiger partial charge in [-0.05, 0) is 76.7 Å². The van der Waals surface area contributed by atoms with Gasteiger partial charge in [-0.1, -0.05) is 44.7 Å². The highest BCUT2D eigenvalue weighted by atomic mass is 79.9. The molecular formula is C24H26BrF5. The van der Waals surface area contributed by atoms with Gasteiger partial charge in [-0.15, -0.1) is 0 Å². The van der Waals surface area contributed by atoms with E-state index in [1.807, 2.05) is 0 Å². The Hall–Kier alpha value is -1.43. The highest BCUT2D eigenvalue weighted by Crippen LogP contribution is 2.41. The SMILES string of the molecule is CCCCCC1CCC(c2ccc(-c3cc(F)c(Br)c(F)c3C(F)F)c(F)c2)CC1. The molecule has 0 nitrogen and oxygen atoms in total. The van der Waals surface area contributed by atoms with E-state index in [0.29, 0.717) is 0 Å². The standard InChI is InChI=1S/C24H26BrF5/c1-2-3-4-5-14-6-8-15(9-7-14)16-10-11-17(19(26)12-16)18-13-20(27)22(25)23(28)21(18)24(29)30/h10-15,24H,2-9H2,1H3. The number of unbranched alkanes of at least 4 members (excludes halogenated alkanes) is 2. The smallest absolute Gasteiger partial charge is 0.206 e. The van der Waals surface area contributed by atoms with Crippen LogP contribution < -0.4 is 0 Å². The second-order valence-corrected chi connectivity index (χ2v) is 8.99. The predicted octanol–water partition coefficient (Wildman–Crippen LogP) is 9.33. The molecule has 1 aliphatic rings. The first-order chi connectivity index (χ1) is 14.3. The Morgan fingerprint density at radius 2 is 1.63 bits per heavy atom. The van der Waals surface area contributed by atoms with Gasteiger partial charge in [0.25, 0.3) is 6.43 Å². The average Bonchev–Trinajstić information content (AvgIpc) is 2.72. The van der Waals surface area contributed by atoms with Crippen LogP contribution in [0.3, 0.4) is 0 Å². The normalized spacial score (nSPS) is 19.5. The lowest BCUT2D eigenvalue weighted by Gasteiger charge is -2.29. The van der Waals surface area contributed by atoms with Crippen molar-refractivity contribution in [2.24, 2.45) is 5.92 Å². The van der Waals surface area contributed by atoms with Crippen molar-refractivity contribution < 1.29 is 22.0 Å². The lowest BCUT2D eigenvalue weighted by molar-refractivity contribution is 0.146. The number of halogens is 6. The van der Waals surface area contributed by atoms with Gasteiger partial charge in [-0.25, -0.2) is 22.0 Å². The molecule has 30 heavy (non-hydrogen) atoms. The van der Waals surface area contributed by atoms with Gasteiger partial charge in [0, 0.05) is 5.56 Å². The Morgan fingerprint density at radius 1 is 0.933 bits per heavy atom. The highest BCUT2D eigenvalue weighted by Gasteiger charge is 2.27. The quantitative estimate of drug-likeness (QED) is 0.207. The first-order valence-electron chi connectivity index (χ1n) is 10.6. The Labute approximate surface area is 183 Å². The van der Waals surface area contributed by atoms with Gasteiger partial charge in [0.2, 0.25) is 0 Å². The minimum Gasteiger partial charge on any atom is -0.206 e. The minimum absolute atomic E-state index is 0.215. The molecule has 1 aliphatic carbocycles. The van der Waals surface area contributed by atoms with Crippen molar-refractivity contribution in [1.29, 1.82) is 0 Å². The van der Waals surface area contributed by atoms with E-state index in [2.05, 4.69) is 22.9 Å². The van der Waals surface area contributed by atoms with Crippen LogP contribution in [-0.4, -0.2) is 0 Å². The van der Waals surface area contributed by atoms with Gasteiger partial charge in [0.15, 0.2) is 0 Å². The van der Waals surface area contributed by atoms with Crippen LogP contribution in [0.1, 0.15) is 81.8 Å². The van der Waals surface area contributed by atoms with Gasteiger partial charge in [-0.2, -0.15) is 0 Å². The molecule has 1 saturated carbocycles. The van der Waals surface area contributed by atoms with Gasteiger partial charge < -0.3 is 0 Å². The summed E-state index contributed by atoms with van der Waals surface area (Å²) in [4.78, 5) is 0. The second-order valence-electron chi connectivity index (χ2n) is 8.20. The lowest BCUT2D eigenvalue weighted by atomic mass is 9.77. The zero-order valence-corrected chi connectivity index (χ0v) is 18.6. The zero-order valence-electron chi connectivity index (χ0n) is 17.0. The molecule has 0 aliphatic heterocycles. The topological polar surface area (TPSA) is 0 Å². The minimum atomic E-state index is -3.20. The van der Waals surface area contributed by atoms with E-state index in [1.54, 1.807) is 6.07 Å². The molecular weight excluding hydrogens is 463 g/mol. The van der Waals surface area contributed by atoms with Crippen LogP contribution in [0.4, 0.5) is 22.0 Å². The van der Waals surface area contributed by atoms with Gasteiger partial charge >= 0.3 is 0 Å². The molecule has 0 bridgehead atoms. The Balaban J connectivity index is 1.81. The summed E-state index contributed by atoms with van der Waals surface area (Å²) in [5, 5.41) is 0. The fourth-order valence-corrected chi connectivity index (χ4v) is 4.84. The predicted molar refractivity (Wildman–Crippen MR) is 113 cm³/mol. The summed E-state index contributed by atoms with van der Waals surface area (Å²) >= 11 is 2.63. The van der Waals surface area contributed by atoms with Crippen LogP contribution in [0.5, 0.6) is 0 Å². The highest BCUT2D eigenvalue weighted by molar-refractivity contribution is 9.10. The van der Waals surface area contributed by atoms with Gasteiger partial charge in [0.1, 0.15) is 17.5 Å². The van der Waals surface area contributed by atoms with E-state index in [0.717, 1.165) is 43.2 Å². The zero-order chi connectivity index (χ0) is 21.8. The molecule has 1 fully saturated rings. The van der Waals surface area contributed by atoms with E-state index < -0.39 is 39.5 Å². The molecule has 0 heterocycles. The van der Waals surface area contributed by atoms with E-state index >= 15 is 0 Å². The van der Waals surface area contributed by atoms with Crippen LogP contribution in [0.2, 0.25) is 0 Å². The molecule has 0 N–H and O–H groups in total. The third-order valence-corrected chi connectivity index (χ3v) is 6.96. The number of benzene rings is 2. The van der Waals surface area contributed by atoms with Crippen LogP contribution >= 0.6 is 15.9 Å². The van der Waals surface area contributed by atoms with Crippen molar-refractivity contribution in [3.8, 4) is 11.1 Å². The summed E-state index contributed by atoms with van der Waals surface area (Å²) in [5.74, 6) is -2.23. The van der Waals surface area contributed by atoms with Crippen molar-refractivity contribution in [3.63, 3.8) is 0 Å². The molecule has 0 saturated heterocycles. The maximum absolute atomic E-state index is 14.9. The van der Waals surface area contributed by atoms with E-state index in [-0.39, 0.29) is 11.5 Å². The summed E-state index contributed by atoms with van der Waals surface area (Å²) < 4.78 is 69.3. The van der Waals surface area contributed by atoms with Crippen LogP contribution in [0, 0.1) is 23.4 Å². The Kier molecular flexibility index (Phi) is 7.94. The fraction of sp³-hybridized carbons (Fsp3) is 0.500.